The fourth-order valence-corrected chi connectivity index (χ4v) is 2.07. The summed E-state index contributed by atoms with van der Waals surface area (Å²) in [5.41, 5.74) is 2.03. The highest BCUT2D eigenvalue weighted by Crippen LogP contribution is 2.21. The van der Waals surface area contributed by atoms with Gasteiger partial charge in [-0.15, -0.1) is 0 Å². The summed E-state index contributed by atoms with van der Waals surface area (Å²) in [4.78, 5) is 22.8. The molecule has 4 heteroatoms. The van der Waals surface area contributed by atoms with Crippen molar-refractivity contribution in [3.05, 3.63) is 36.0 Å². The molecule has 0 aliphatic carbocycles. The number of Topliss-reactive ketones (excluding diaryl/α,β-unsaturated/α-hetero) is 1. The summed E-state index contributed by atoms with van der Waals surface area (Å²) in [6.45, 7) is 0. The molecular formula is C14H15NO3. The van der Waals surface area contributed by atoms with E-state index in [1.54, 1.807) is 0 Å². The van der Waals surface area contributed by atoms with Crippen LogP contribution >= 0.6 is 0 Å². The van der Waals surface area contributed by atoms with Crippen LogP contribution in [0.3, 0.4) is 0 Å². The van der Waals surface area contributed by atoms with Crippen LogP contribution in [0, 0.1) is 0 Å². The summed E-state index contributed by atoms with van der Waals surface area (Å²) in [6, 6.07) is 7.89. The van der Waals surface area contributed by atoms with Gasteiger partial charge in [0.2, 0.25) is 0 Å². The highest BCUT2D eigenvalue weighted by atomic mass is 16.5. The van der Waals surface area contributed by atoms with E-state index in [0.717, 1.165) is 16.5 Å². The van der Waals surface area contributed by atoms with Crippen molar-refractivity contribution in [1.29, 1.82) is 0 Å². The van der Waals surface area contributed by atoms with Crippen LogP contribution in [0.5, 0.6) is 0 Å². The number of fused-ring (bicyclic) bond motifs is 1. The van der Waals surface area contributed by atoms with Crippen molar-refractivity contribution < 1.29 is 14.3 Å². The van der Waals surface area contributed by atoms with Crippen molar-refractivity contribution in [2.45, 2.75) is 12.8 Å². The van der Waals surface area contributed by atoms with Crippen molar-refractivity contribution in [3.63, 3.8) is 0 Å². The number of carbonyl (C=O) groups excluding carboxylic acids is 2. The molecule has 0 saturated carbocycles. The standard InChI is InChI=1S/C14H15NO3/c1-15-9-10(7-11(16)8-14(17)18-2)12-5-3-4-6-13(12)15/h3-6,9H,7-8H2,1-2H3. The molecule has 4 nitrogen and oxygen atoms in total. The van der Waals surface area contributed by atoms with E-state index in [1.165, 1.54) is 7.11 Å². The summed E-state index contributed by atoms with van der Waals surface area (Å²) in [6.07, 6.45) is 2.02. The lowest BCUT2D eigenvalue weighted by atomic mass is 10.1. The number of rotatable bonds is 4. The summed E-state index contributed by atoms with van der Waals surface area (Å²) >= 11 is 0. The lowest BCUT2D eigenvalue weighted by Crippen LogP contribution is -2.11. The first-order chi connectivity index (χ1) is 8.61. The maximum Gasteiger partial charge on any atom is 0.313 e. The average molecular weight is 245 g/mol. The molecule has 0 bridgehead atoms. The quantitative estimate of drug-likeness (QED) is 0.610. The van der Waals surface area contributed by atoms with Gasteiger partial charge in [-0.3, -0.25) is 9.59 Å². The molecule has 1 aromatic carbocycles. The predicted octanol–water partition coefficient (Wildman–Crippen LogP) is 1.85. The number of ether oxygens (including phenoxy) is 1. The fraction of sp³-hybridized carbons (Fsp3) is 0.286. The number of para-hydroxylation sites is 1. The first-order valence-electron chi connectivity index (χ1n) is 5.73. The largest absolute Gasteiger partial charge is 0.469 e. The molecule has 0 atom stereocenters. The number of hydrogen-bond acceptors (Lipinski definition) is 3. The van der Waals surface area contributed by atoms with Gasteiger partial charge >= 0.3 is 5.97 Å². The highest BCUT2D eigenvalue weighted by molar-refractivity contribution is 5.98. The number of aryl methyl sites for hydroxylation is 1. The Kier molecular flexibility index (Phi) is 3.46. The number of carbonyl (C=O) groups is 2. The van der Waals surface area contributed by atoms with Crippen molar-refractivity contribution >= 4 is 22.7 Å². The van der Waals surface area contributed by atoms with E-state index in [-0.39, 0.29) is 18.6 Å². The predicted molar refractivity (Wildman–Crippen MR) is 68.3 cm³/mol. The minimum absolute atomic E-state index is 0.127. The molecule has 18 heavy (non-hydrogen) atoms. The van der Waals surface area contributed by atoms with Gasteiger partial charge in [0.05, 0.1) is 7.11 Å². The molecule has 0 aliphatic rings. The SMILES string of the molecule is COC(=O)CC(=O)Cc1cn(C)c2ccccc12. The molecule has 0 fully saturated rings. The molecule has 0 unspecified atom stereocenters. The van der Waals surface area contributed by atoms with Crippen molar-refractivity contribution in [2.24, 2.45) is 7.05 Å². The van der Waals surface area contributed by atoms with Crippen LogP contribution in [-0.4, -0.2) is 23.4 Å². The Balaban J connectivity index is 2.22. The summed E-state index contributed by atoms with van der Waals surface area (Å²) in [7, 11) is 3.23. The molecule has 94 valence electrons. The van der Waals surface area contributed by atoms with E-state index < -0.39 is 5.97 Å². The molecule has 0 N–H and O–H groups in total. The zero-order chi connectivity index (χ0) is 13.1. The van der Waals surface area contributed by atoms with Gasteiger partial charge in [-0.25, -0.2) is 0 Å². The van der Waals surface area contributed by atoms with Crippen LogP contribution in [0.15, 0.2) is 30.5 Å². The Morgan fingerprint density at radius 2 is 2.00 bits per heavy atom. The topological polar surface area (TPSA) is 48.3 Å². The van der Waals surface area contributed by atoms with Gasteiger partial charge < -0.3 is 9.30 Å². The molecule has 0 saturated heterocycles. The number of ketones is 1. The molecule has 0 radical (unpaired) electrons. The highest BCUT2D eigenvalue weighted by Gasteiger charge is 2.13. The van der Waals surface area contributed by atoms with E-state index in [9.17, 15) is 9.59 Å². The molecule has 2 aromatic rings. The van der Waals surface area contributed by atoms with Crippen LogP contribution in [-0.2, 0) is 27.8 Å². The minimum Gasteiger partial charge on any atom is -0.469 e. The average Bonchev–Trinajstić information content (AvgIpc) is 2.67. The van der Waals surface area contributed by atoms with E-state index in [1.807, 2.05) is 42.1 Å². The van der Waals surface area contributed by atoms with Gasteiger partial charge in [0.15, 0.2) is 0 Å². The molecule has 2 rings (SSSR count). The molecule has 1 heterocycles. The second-order valence-corrected chi connectivity index (χ2v) is 4.25. The lowest BCUT2D eigenvalue weighted by Gasteiger charge is -1.99. The van der Waals surface area contributed by atoms with E-state index in [0.29, 0.717) is 0 Å². The summed E-state index contributed by atoms with van der Waals surface area (Å²) in [5, 5.41) is 1.05. The third-order valence-corrected chi connectivity index (χ3v) is 2.94. The van der Waals surface area contributed by atoms with E-state index >= 15 is 0 Å². The molecule has 0 aliphatic heterocycles. The summed E-state index contributed by atoms with van der Waals surface area (Å²) < 4.78 is 6.47. The second-order valence-electron chi connectivity index (χ2n) is 4.25. The fourth-order valence-electron chi connectivity index (χ4n) is 2.07. The Morgan fingerprint density at radius 1 is 1.28 bits per heavy atom. The monoisotopic (exact) mass is 245 g/mol. The van der Waals surface area contributed by atoms with Crippen LogP contribution < -0.4 is 0 Å². The number of aromatic nitrogens is 1. The molecule has 0 amide bonds. The molecule has 1 aromatic heterocycles. The van der Waals surface area contributed by atoms with E-state index in [2.05, 4.69) is 4.74 Å². The van der Waals surface area contributed by atoms with Gasteiger partial charge in [-0.05, 0) is 11.6 Å². The Morgan fingerprint density at radius 3 is 2.72 bits per heavy atom. The van der Waals surface area contributed by atoms with Gasteiger partial charge in [-0.2, -0.15) is 0 Å². The van der Waals surface area contributed by atoms with Crippen molar-refractivity contribution in [2.75, 3.05) is 7.11 Å². The Labute approximate surface area is 105 Å². The van der Waals surface area contributed by atoms with Gasteiger partial charge in [-0.1, -0.05) is 18.2 Å². The normalized spacial score (nSPS) is 10.6. The molecule has 0 spiro atoms. The van der Waals surface area contributed by atoms with Gasteiger partial charge in [0, 0.05) is 30.6 Å². The maximum absolute atomic E-state index is 11.7. The smallest absolute Gasteiger partial charge is 0.313 e. The maximum atomic E-state index is 11.7. The van der Waals surface area contributed by atoms with Crippen LogP contribution in [0.2, 0.25) is 0 Å². The number of hydrogen-bond donors (Lipinski definition) is 0. The lowest BCUT2D eigenvalue weighted by molar-refractivity contribution is -0.143. The van der Waals surface area contributed by atoms with Crippen LogP contribution in [0.1, 0.15) is 12.0 Å². The first kappa shape index (κ1) is 12.4. The summed E-state index contributed by atoms with van der Waals surface area (Å²) in [5.74, 6) is -0.613. The number of methoxy groups -OCH3 is 1. The Hall–Kier alpha value is -2.10. The zero-order valence-electron chi connectivity index (χ0n) is 10.5. The molecular weight excluding hydrogens is 230 g/mol. The third kappa shape index (κ3) is 2.42. The zero-order valence-corrected chi connectivity index (χ0v) is 10.5. The number of esters is 1. The number of nitrogens with zero attached hydrogens (tertiary/aromatic N) is 1. The second kappa shape index (κ2) is 5.04. The van der Waals surface area contributed by atoms with Crippen LogP contribution in [0.25, 0.3) is 10.9 Å². The van der Waals surface area contributed by atoms with Crippen molar-refractivity contribution in [1.82, 2.24) is 4.57 Å². The van der Waals surface area contributed by atoms with E-state index in [4.69, 9.17) is 0 Å². The van der Waals surface area contributed by atoms with Crippen molar-refractivity contribution in [3.8, 4) is 0 Å². The van der Waals surface area contributed by atoms with Crippen LogP contribution in [0.4, 0.5) is 0 Å². The first-order valence-corrected chi connectivity index (χ1v) is 5.73. The number of benzene rings is 1. The minimum atomic E-state index is -0.486. The van der Waals surface area contributed by atoms with Gasteiger partial charge in [0.25, 0.3) is 0 Å². The third-order valence-electron chi connectivity index (χ3n) is 2.94. The Bertz CT molecular complexity index is 598. The van der Waals surface area contributed by atoms with Gasteiger partial charge in [0.1, 0.15) is 12.2 Å².